The van der Waals surface area contributed by atoms with Crippen LogP contribution in [-0.4, -0.2) is 22.4 Å². The van der Waals surface area contributed by atoms with Crippen LogP contribution in [0.1, 0.15) is 5.56 Å². The molecular formula is C18H18N4S. The first-order valence-corrected chi connectivity index (χ1v) is 7.76. The summed E-state index contributed by atoms with van der Waals surface area (Å²) in [7, 11) is 2.09. The highest BCUT2D eigenvalue weighted by Crippen LogP contribution is 2.28. The minimum absolute atomic E-state index is 0.479. The lowest BCUT2D eigenvalue weighted by atomic mass is 10.1. The predicted molar refractivity (Wildman–Crippen MR) is 102 cm³/mol. The second-order valence-electron chi connectivity index (χ2n) is 5.22. The van der Waals surface area contributed by atoms with Crippen molar-refractivity contribution in [2.45, 2.75) is 0 Å². The van der Waals surface area contributed by atoms with E-state index in [-0.39, 0.29) is 0 Å². The number of rotatable bonds is 4. The van der Waals surface area contributed by atoms with Crippen molar-refractivity contribution in [1.29, 1.82) is 0 Å². The van der Waals surface area contributed by atoms with Crippen molar-refractivity contribution in [3.05, 3.63) is 60.7 Å². The number of thiocarbonyl (C=S) groups is 1. The van der Waals surface area contributed by atoms with E-state index in [0.717, 1.165) is 5.56 Å². The number of aryl methyl sites for hydroxylation is 1. The van der Waals surface area contributed by atoms with Crippen molar-refractivity contribution in [2.75, 3.05) is 6.54 Å². The Morgan fingerprint density at radius 1 is 1.22 bits per heavy atom. The number of nitrogens with zero attached hydrogens (tertiary/aromatic N) is 2. The quantitative estimate of drug-likeness (QED) is 0.335. The fraction of sp³-hybridized carbons (Fsp3) is 0.111. The van der Waals surface area contributed by atoms with Crippen LogP contribution in [0.25, 0.3) is 21.8 Å². The van der Waals surface area contributed by atoms with Crippen molar-refractivity contribution in [1.82, 2.24) is 15.3 Å². The van der Waals surface area contributed by atoms with Crippen LogP contribution < -0.4 is 10.7 Å². The molecule has 0 saturated heterocycles. The molecule has 3 rings (SSSR count). The fourth-order valence-corrected chi connectivity index (χ4v) is 2.77. The van der Waals surface area contributed by atoms with E-state index in [1.165, 1.54) is 21.8 Å². The van der Waals surface area contributed by atoms with Crippen LogP contribution in [0.15, 0.2) is 60.2 Å². The van der Waals surface area contributed by atoms with Crippen LogP contribution >= 0.6 is 12.2 Å². The number of benzene rings is 2. The Kier molecular flexibility index (Phi) is 4.39. The Hall–Kier alpha value is -2.66. The summed E-state index contributed by atoms with van der Waals surface area (Å²) in [6.07, 6.45) is 3.51. The van der Waals surface area contributed by atoms with E-state index in [1.807, 2.05) is 6.07 Å². The number of fused-ring (bicyclic) bond motifs is 3. The Morgan fingerprint density at radius 3 is 2.83 bits per heavy atom. The van der Waals surface area contributed by atoms with Gasteiger partial charge in [0.05, 0.1) is 6.21 Å². The van der Waals surface area contributed by atoms with Gasteiger partial charge in [0.1, 0.15) is 0 Å². The molecule has 0 bridgehead atoms. The third-order valence-corrected chi connectivity index (χ3v) is 3.96. The summed E-state index contributed by atoms with van der Waals surface area (Å²) in [4.78, 5) is 0. The van der Waals surface area contributed by atoms with Crippen molar-refractivity contribution >= 4 is 45.4 Å². The zero-order chi connectivity index (χ0) is 16.2. The Balaban J connectivity index is 1.87. The standard InChI is InChI=1S/C18H18N4S/c1-3-10-19-18(23)21-20-12-13-8-9-17-15(11-13)14-6-4-5-7-16(14)22(17)2/h3-9,11-12H,1,10H2,2H3,(H2,19,21,23). The number of para-hydroxylation sites is 1. The van der Waals surface area contributed by atoms with Gasteiger partial charge in [-0.15, -0.1) is 6.58 Å². The minimum atomic E-state index is 0.479. The third-order valence-electron chi connectivity index (χ3n) is 3.72. The summed E-state index contributed by atoms with van der Waals surface area (Å²) < 4.78 is 2.21. The molecule has 3 aromatic rings. The highest BCUT2D eigenvalue weighted by atomic mass is 32.1. The van der Waals surface area contributed by atoms with E-state index in [9.17, 15) is 0 Å². The summed E-state index contributed by atoms with van der Waals surface area (Å²) in [6.45, 7) is 4.24. The maximum absolute atomic E-state index is 5.09. The van der Waals surface area contributed by atoms with E-state index in [4.69, 9.17) is 12.2 Å². The smallest absolute Gasteiger partial charge is 0.187 e. The molecule has 116 valence electrons. The van der Waals surface area contributed by atoms with Gasteiger partial charge in [0.15, 0.2) is 5.11 Å². The molecule has 0 atom stereocenters. The second kappa shape index (κ2) is 6.62. The van der Waals surface area contributed by atoms with Gasteiger partial charge in [0.25, 0.3) is 0 Å². The summed E-state index contributed by atoms with van der Waals surface area (Å²) in [5.74, 6) is 0. The maximum atomic E-state index is 5.09. The molecule has 5 heteroatoms. The first-order valence-electron chi connectivity index (χ1n) is 7.35. The largest absolute Gasteiger partial charge is 0.358 e. The minimum Gasteiger partial charge on any atom is -0.358 e. The van der Waals surface area contributed by atoms with Crippen LogP contribution in [-0.2, 0) is 7.05 Å². The second-order valence-corrected chi connectivity index (χ2v) is 5.63. The molecule has 0 saturated carbocycles. The van der Waals surface area contributed by atoms with E-state index in [2.05, 4.69) is 70.4 Å². The van der Waals surface area contributed by atoms with Crippen molar-refractivity contribution in [3.63, 3.8) is 0 Å². The summed E-state index contributed by atoms with van der Waals surface area (Å²) >= 11 is 5.09. The first-order chi connectivity index (χ1) is 11.2. The van der Waals surface area contributed by atoms with E-state index < -0.39 is 0 Å². The molecule has 2 N–H and O–H groups in total. The molecule has 1 heterocycles. The molecule has 0 radical (unpaired) electrons. The van der Waals surface area contributed by atoms with Crippen molar-refractivity contribution < 1.29 is 0 Å². The number of hydrogen-bond acceptors (Lipinski definition) is 2. The Morgan fingerprint density at radius 2 is 2.00 bits per heavy atom. The van der Waals surface area contributed by atoms with Gasteiger partial charge in [0, 0.05) is 35.4 Å². The lowest BCUT2D eigenvalue weighted by Crippen LogP contribution is -2.31. The van der Waals surface area contributed by atoms with Crippen LogP contribution in [0.3, 0.4) is 0 Å². The number of hydrogen-bond donors (Lipinski definition) is 2. The molecule has 0 aliphatic heterocycles. The molecule has 0 fully saturated rings. The molecule has 4 nitrogen and oxygen atoms in total. The first kappa shape index (κ1) is 15.2. The number of hydrazone groups is 1. The van der Waals surface area contributed by atoms with Gasteiger partial charge in [0.2, 0.25) is 0 Å². The average molecular weight is 322 g/mol. The monoisotopic (exact) mass is 322 g/mol. The van der Waals surface area contributed by atoms with Gasteiger partial charge in [-0.2, -0.15) is 5.10 Å². The van der Waals surface area contributed by atoms with Gasteiger partial charge in [-0.05, 0) is 36.0 Å². The van der Waals surface area contributed by atoms with E-state index in [1.54, 1.807) is 12.3 Å². The number of nitrogens with one attached hydrogen (secondary N) is 2. The van der Waals surface area contributed by atoms with Crippen molar-refractivity contribution in [3.8, 4) is 0 Å². The summed E-state index contributed by atoms with van der Waals surface area (Å²) in [5, 5.41) is 10.1. The maximum Gasteiger partial charge on any atom is 0.187 e. The zero-order valence-corrected chi connectivity index (χ0v) is 13.7. The lowest BCUT2D eigenvalue weighted by Gasteiger charge is -2.03. The average Bonchev–Trinajstić information content (AvgIpc) is 2.86. The van der Waals surface area contributed by atoms with Gasteiger partial charge in [-0.1, -0.05) is 30.3 Å². The van der Waals surface area contributed by atoms with Crippen LogP contribution in [0.2, 0.25) is 0 Å². The third kappa shape index (κ3) is 3.10. The topological polar surface area (TPSA) is 41.4 Å². The van der Waals surface area contributed by atoms with Gasteiger partial charge >= 0.3 is 0 Å². The van der Waals surface area contributed by atoms with Gasteiger partial charge in [-0.3, -0.25) is 5.43 Å². The molecule has 0 aliphatic carbocycles. The van der Waals surface area contributed by atoms with Crippen LogP contribution in [0.4, 0.5) is 0 Å². The van der Waals surface area contributed by atoms with E-state index >= 15 is 0 Å². The van der Waals surface area contributed by atoms with Crippen LogP contribution in [0, 0.1) is 0 Å². The molecule has 0 unspecified atom stereocenters. The SMILES string of the molecule is C=CCNC(=S)NN=Cc1ccc2c(c1)c1ccccc1n2C. The molecule has 23 heavy (non-hydrogen) atoms. The van der Waals surface area contributed by atoms with E-state index in [0.29, 0.717) is 11.7 Å². The fourth-order valence-electron chi connectivity index (χ4n) is 2.64. The summed E-state index contributed by atoms with van der Waals surface area (Å²) in [5.41, 5.74) is 6.25. The highest BCUT2D eigenvalue weighted by Gasteiger charge is 2.07. The normalized spacial score (nSPS) is 11.2. The Labute approximate surface area is 140 Å². The molecule has 0 aliphatic rings. The molecule has 1 aromatic heterocycles. The zero-order valence-electron chi connectivity index (χ0n) is 12.9. The molecular weight excluding hydrogens is 304 g/mol. The van der Waals surface area contributed by atoms with Crippen molar-refractivity contribution in [2.24, 2.45) is 12.1 Å². The highest BCUT2D eigenvalue weighted by molar-refractivity contribution is 7.80. The molecule has 0 amide bonds. The lowest BCUT2D eigenvalue weighted by molar-refractivity contribution is 0.942. The number of aromatic nitrogens is 1. The summed E-state index contributed by atoms with van der Waals surface area (Å²) in [6, 6.07) is 14.7. The molecule has 0 spiro atoms. The van der Waals surface area contributed by atoms with Gasteiger partial charge < -0.3 is 9.88 Å². The molecule has 2 aromatic carbocycles. The Bertz CT molecular complexity index is 908. The predicted octanol–water partition coefficient (Wildman–Crippen LogP) is 3.32. The van der Waals surface area contributed by atoms with Gasteiger partial charge in [-0.25, -0.2) is 0 Å². The van der Waals surface area contributed by atoms with Crippen LogP contribution in [0.5, 0.6) is 0 Å².